The molecule has 1 radical (unpaired) electrons. The number of hydrogen-bond acceptors (Lipinski definition) is 1. The van der Waals surface area contributed by atoms with Gasteiger partial charge in [0, 0.05) is 5.92 Å². The van der Waals surface area contributed by atoms with E-state index in [0.717, 1.165) is 18.8 Å². The molecule has 1 aliphatic carbocycles. The summed E-state index contributed by atoms with van der Waals surface area (Å²) < 4.78 is 0. The molecule has 1 fully saturated rings. The maximum absolute atomic E-state index is 11.2. The van der Waals surface area contributed by atoms with Crippen molar-refractivity contribution in [3.8, 4) is 0 Å². The molecule has 1 aliphatic rings. The van der Waals surface area contributed by atoms with Crippen molar-refractivity contribution in [3.63, 3.8) is 0 Å². The van der Waals surface area contributed by atoms with E-state index < -0.39 is 0 Å². The Hall–Kier alpha value is -0.590. The van der Waals surface area contributed by atoms with Gasteiger partial charge in [-0.2, -0.15) is 0 Å². The SMILES string of the molecule is C=C(C)C(=O)[C]1CCCC1. The van der Waals surface area contributed by atoms with Gasteiger partial charge in [0.1, 0.15) is 0 Å². The standard InChI is InChI=1S/C9H13O/c1-7(2)9(10)8-5-3-4-6-8/h1,3-6H2,2H3. The van der Waals surface area contributed by atoms with E-state index in [-0.39, 0.29) is 5.78 Å². The number of Topliss-reactive ketones (excluding diaryl/α,β-unsaturated/α-hetero) is 1. The molecule has 0 saturated heterocycles. The molecule has 1 saturated carbocycles. The predicted molar refractivity (Wildman–Crippen MR) is 41.5 cm³/mol. The molecule has 1 heteroatoms. The van der Waals surface area contributed by atoms with E-state index in [9.17, 15) is 4.79 Å². The summed E-state index contributed by atoms with van der Waals surface area (Å²) in [5.74, 6) is 1.30. The highest BCUT2D eigenvalue weighted by molar-refractivity contribution is 6.04. The van der Waals surface area contributed by atoms with Gasteiger partial charge in [-0.15, -0.1) is 0 Å². The number of hydrogen-bond donors (Lipinski definition) is 0. The molecular weight excluding hydrogens is 124 g/mol. The predicted octanol–water partition coefficient (Wildman–Crippen LogP) is 2.28. The van der Waals surface area contributed by atoms with Crippen LogP contribution >= 0.6 is 0 Å². The van der Waals surface area contributed by atoms with Crippen molar-refractivity contribution >= 4 is 5.78 Å². The Kier molecular flexibility index (Phi) is 2.25. The average Bonchev–Trinajstić information content (AvgIpc) is 2.36. The van der Waals surface area contributed by atoms with Crippen LogP contribution in [0.1, 0.15) is 32.6 Å². The maximum Gasteiger partial charge on any atom is 0.165 e. The van der Waals surface area contributed by atoms with Gasteiger partial charge in [0.2, 0.25) is 0 Å². The minimum absolute atomic E-state index is 0.206. The van der Waals surface area contributed by atoms with Crippen LogP contribution in [0.3, 0.4) is 0 Å². The monoisotopic (exact) mass is 137 g/mol. The van der Waals surface area contributed by atoms with Crippen molar-refractivity contribution in [1.29, 1.82) is 0 Å². The number of ketones is 1. The van der Waals surface area contributed by atoms with Gasteiger partial charge in [0.25, 0.3) is 0 Å². The van der Waals surface area contributed by atoms with Crippen molar-refractivity contribution in [3.05, 3.63) is 18.1 Å². The third-order valence-corrected chi connectivity index (χ3v) is 1.92. The summed E-state index contributed by atoms with van der Waals surface area (Å²) in [7, 11) is 0. The van der Waals surface area contributed by atoms with Gasteiger partial charge in [-0.1, -0.05) is 19.4 Å². The molecule has 0 spiro atoms. The fourth-order valence-corrected chi connectivity index (χ4v) is 1.33. The van der Waals surface area contributed by atoms with Crippen LogP contribution in [-0.2, 0) is 4.79 Å². The Labute approximate surface area is 62.1 Å². The van der Waals surface area contributed by atoms with E-state index in [1.165, 1.54) is 12.8 Å². The topological polar surface area (TPSA) is 17.1 Å². The lowest BCUT2D eigenvalue weighted by atomic mass is 9.98. The lowest BCUT2D eigenvalue weighted by molar-refractivity contribution is -0.114. The largest absolute Gasteiger partial charge is 0.294 e. The summed E-state index contributed by atoms with van der Waals surface area (Å²) in [5.41, 5.74) is 0.692. The van der Waals surface area contributed by atoms with Crippen molar-refractivity contribution in [2.45, 2.75) is 32.6 Å². The number of allylic oxidation sites excluding steroid dienone is 1. The summed E-state index contributed by atoms with van der Waals surface area (Å²) in [6.45, 7) is 5.41. The van der Waals surface area contributed by atoms with E-state index in [1.807, 2.05) is 0 Å². The van der Waals surface area contributed by atoms with Crippen molar-refractivity contribution < 1.29 is 4.79 Å². The quantitative estimate of drug-likeness (QED) is 0.533. The van der Waals surface area contributed by atoms with Gasteiger partial charge in [-0.3, -0.25) is 4.79 Å². The Morgan fingerprint density at radius 2 is 1.90 bits per heavy atom. The molecule has 0 bridgehead atoms. The summed E-state index contributed by atoms with van der Waals surface area (Å²) in [6, 6.07) is 0. The fourth-order valence-electron chi connectivity index (χ4n) is 1.33. The lowest BCUT2D eigenvalue weighted by Crippen LogP contribution is -2.08. The molecule has 0 aromatic rings. The first-order valence-corrected chi connectivity index (χ1v) is 3.76. The first-order chi connectivity index (χ1) is 4.72. The van der Waals surface area contributed by atoms with Gasteiger partial charge in [-0.05, 0) is 25.3 Å². The third kappa shape index (κ3) is 1.47. The number of carbonyl (C=O) groups is 1. The van der Waals surface area contributed by atoms with Crippen LogP contribution in [0.5, 0.6) is 0 Å². The van der Waals surface area contributed by atoms with Crippen molar-refractivity contribution in [2.75, 3.05) is 0 Å². The number of carbonyl (C=O) groups excluding carboxylic acids is 1. The van der Waals surface area contributed by atoms with Crippen LogP contribution in [0.25, 0.3) is 0 Å². The molecule has 0 N–H and O–H groups in total. The second kappa shape index (κ2) is 3.00. The molecule has 0 atom stereocenters. The molecule has 0 aromatic heterocycles. The van der Waals surface area contributed by atoms with Crippen molar-refractivity contribution in [1.82, 2.24) is 0 Å². The summed E-state index contributed by atoms with van der Waals surface area (Å²) in [4.78, 5) is 11.2. The molecular formula is C9H13O. The molecule has 0 aliphatic heterocycles. The maximum atomic E-state index is 11.2. The van der Waals surface area contributed by atoms with E-state index in [4.69, 9.17) is 0 Å². The smallest absolute Gasteiger partial charge is 0.165 e. The Balaban J connectivity index is 2.48. The molecule has 0 unspecified atom stereocenters. The number of rotatable bonds is 2. The van der Waals surface area contributed by atoms with Gasteiger partial charge in [0.05, 0.1) is 0 Å². The van der Waals surface area contributed by atoms with Gasteiger partial charge >= 0.3 is 0 Å². The van der Waals surface area contributed by atoms with E-state index in [0.29, 0.717) is 5.57 Å². The van der Waals surface area contributed by atoms with Crippen LogP contribution in [0.2, 0.25) is 0 Å². The molecule has 0 amide bonds. The Morgan fingerprint density at radius 1 is 1.40 bits per heavy atom. The summed E-state index contributed by atoms with van der Waals surface area (Å²) in [5, 5.41) is 0. The molecule has 1 rings (SSSR count). The molecule has 0 aromatic carbocycles. The molecule has 1 nitrogen and oxygen atoms in total. The first-order valence-electron chi connectivity index (χ1n) is 3.76. The van der Waals surface area contributed by atoms with Gasteiger partial charge < -0.3 is 0 Å². The van der Waals surface area contributed by atoms with Crippen LogP contribution in [0.4, 0.5) is 0 Å². The minimum atomic E-state index is 0.206. The zero-order valence-electron chi connectivity index (χ0n) is 6.44. The van der Waals surface area contributed by atoms with Crippen LogP contribution < -0.4 is 0 Å². The fraction of sp³-hybridized carbons (Fsp3) is 0.556. The van der Waals surface area contributed by atoms with Gasteiger partial charge in [0.15, 0.2) is 5.78 Å². The van der Waals surface area contributed by atoms with Crippen LogP contribution in [0, 0.1) is 5.92 Å². The first kappa shape index (κ1) is 7.52. The highest BCUT2D eigenvalue weighted by Crippen LogP contribution is 2.28. The highest BCUT2D eigenvalue weighted by Gasteiger charge is 2.23. The summed E-state index contributed by atoms with van der Waals surface area (Å²) in [6.07, 6.45) is 4.39. The van der Waals surface area contributed by atoms with Crippen molar-refractivity contribution in [2.24, 2.45) is 0 Å². The zero-order valence-corrected chi connectivity index (χ0v) is 6.44. The average molecular weight is 137 g/mol. The summed E-state index contributed by atoms with van der Waals surface area (Å²) >= 11 is 0. The normalized spacial score (nSPS) is 19.3. The van der Waals surface area contributed by atoms with Gasteiger partial charge in [-0.25, -0.2) is 0 Å². The third-order valence-electron chi connectivity index (χ3n) is 1.92. The van der Waals surface area contributed by atoms with E-state index in [2.05, 4.69) is 6.58 Å². The minimum Gasteiger partial charge on any atom is -0.294 e. The molecule has 0 heterocycles. The second-order valence-electron chi connectivity index (χ2n) is 2.92. The zero-order chi connectivity index (χ0) is 7.56. The van der Waals surface area contributed by atoms with E-state index >= 15 is 0 Å². The van der Waals surface area contributed by atoms with Crippen LogP contribution in [-0.4, -0.2) is 5.78 Å². The lowest BCUT2D eigenvalue weighted by Gasteiger charge is -2.04. The Morgan fingerprint density at radius 3 is 2.30 bits per heavy atom. The molecule has 10 heavy (non-hydrogen) atoms. The Bertz CT molecular complexity index is 152. The highest BCUT2D eigenvalue weighted by atomic mass is 16.1. The van der Waals surface area contributed by atoms with Crippen LogP contribution in [0.15, 0.2) is 12.2 Å². The second-order valence-corrected chi connectivity index (χ2v) is 2.92. The molecule has 55 valence electrons. The van der Waals surface area contributed by atoms with E-state index in [1.54, 1.807) is 6.92 Å².